The van der Waals surface area contributed by atoms with E-state index >= 15 is 0 Å². The van der Waals surface area contributed by atoms with Gasteiger partial charge in [0.2, 0.25) is 10.0 Å². The Balaban J connectivity index is 1.67. The number of rotatable bonds is 8. The van der Waals surface area contributed by atoms with Crippen molar-refractivity contribution in [3.8, 4) is 0 Å². The Kier molecular flexibility index (Phi) is 7.16. The van der Waals surface area contributed by atoms with Crippen LogP contribution in [0.15, 0.2) is 64.9 Å². The minimum absolute atomic E-state index is 0.0846. The molecule has 1 N–H and O–H groups in total. The Labute approximate surface area is 184 Å². The molecule has 0 spiro atoms. The number of hydrogen-bond acceptors (Lipinski definition) is 7. The molecule has 0 radical (unpaired) electrons. The minimum atomic E-state index is -3.71. The summed E-state index contributed by atoms with van der Waals surface area (Å²) in [5, 5.41) is 4.32. The van der Waals surface area contributed by atoms with Crippen LogP contribution >= 0.6 is 11.3 Å². The lowest BCUT2D eigenvalue weighted by molar-refractivity contribution is 0.0520. The number of anilines is 1. The number of thiazole rings is 1. The maximum absolute atomic E-state index is 12.8. The Bertz CT molecular complexity index is 1160. The van der Waals surface area contributed by atoms with Crippen molar-refractivity contribution >= 4 is 38.4 Å². The minimum Gasteiger partial charge on any atom is -0.461 e. The third-order valence-corrected chi connectivity index (χ3v) is 6.86. The van der Waals surface area contributed by atoms with Crippen molar-refractivity contribution in [2.45, 2.75) is 18.4 Å². The van der Waals surface area contributed by atoms with E-state index in [4.69, 9.17) is 4.74 Å². The summed E-state index contributed by atoms with van der Waals surface area (Å²) >= 11 is 1.09. The van der Waals surface area contributed by atoms with Gasteiger partial charge in [0.25, 0.3) is 5.91 Å². The maximum Gasteiger partial charge on any atom is 0.357 e. The number of nitrogens with zero attached hydrogens (tertiary/aromatic N) is 2. The zero-order chi connectivity index (χ0) is 22.4. The van der Waals surface area contributed by atoms with E-state index in [1.165, 1.54) is 41.0 Å². The van der Waals surface area contributed by atoms with Gasteiger partial charge in [-0.1, -0.05) is 30.3 Å². The molecule has 162 valence electrons. The molecule has 10 heteroatoms. The summed E-state index contributed by atoms with van der Waals surface area (Å²) in [6.45, 7) is 2.16. The molecule has 8 nitrogen and oxygen atoms in total. The number of ether oxygens (including phenoxy) is 1. The van der Waals surface area contributed by atoms with Crippen molar-refractivity contribution in [3.63, 3.8) is 0 Å². The van der Waals surface area contributed by atoms with Crippen LogP contribution in [0, 0.1) is 0 Å². The second-order valence-corrected chi connectivity index (χ2v) is 9.39. The van der Waals surface area contributed by atoms with Gasteiger partial charge >= 0.3 is 5.97 Å². The van der Waals surface area contributed by atoms with Crippen LogP contribution in [-0.2, 0) is 21.3 Å². The number of hydrogen-bond donors (Lipinski definition) is 1. The van der Waals surface area contributed by atoms with Gasteiger partial charge in [-0.05, 0) is 36.8 Å². The number of nitrogens with one attached hydrogen (secondary N) is 1. The van der Waals surface area contributed by atoms with Crippen LogP contribution < -0.4 is 5.32 Å². The molecular formula is C21H21N3O5S2. The highest BCUT2D eigenvalue weighted by molar-refractivity contribution is 7.89. The normalized spacial score (nSPS) is 11.3. The fraction of sp³-hybridized carbons (Fsp3) is 0.190. The number of esters is 1. The van der Waals surface area contributed by atoms with E-state index in [2.05, 4.69) is 10.3 Å². The predicted molar refractivity (Wildman–Crippen MR) is 118 cm³/mol. The quantitative estimate of drug-likeness (QED) is 0.518. The second-order valence-electron chi connectivity index (χ2n) is 6.48. The van der Waals surface area contributed by atoms with Gasteiger partial charge in [0.1, 0.15) is 0 Å². The number of aromatic nitrogens is 1. The van der Waals surface area contributed by atoms with Crippen LogP contribution in [0.3, 0.4) is 0 Å². The van der Waals surface area contributed by atoms with Gasteiger partial charge in [-0.25, -0.2) is 18.2 Å². The summed E-state index contributed by atoms with van der Waals surface area (Å²) in [6, 6.07) is 14.9. The molecule has 0 aliphatic heterocycles. The van der Waals surface area contributed by atoms with E-state index in [0.29, 0.717) is 0 Å². The highest BCUT2D eigenvalue weighted by atomic mass is 32.2. The largest absolute Gasteiger partial charge is 0.461 e. The molecule has 3 rings (SSSR count). The molecule has 31 heavy (non-hydrogen) atoms. The van der Waals surface area contributed by atoms with Crippen LogP contribution in [0.25, 0.3) is 0 Å². The zero-order valence-corrected chi connectivity index (χ0v) is 18.6. The van der Waals surface area contributed by atoms with Crippen LogP contribution in [0.1, 0.15) is 33.3 Å². The molecule has 1 heterocycles. The van der Waals surface area contributed by atoms with Gasteiger partial charge in [0.15, 0.2) is 10.8 Å². The first-order valence-corrected chi connectivity index (χ1v) is 11.7. The van der Waals surface area contributed by atoms with Crippen molar-refractivity contribution in [2.24, 2.45) is 0 Å². The topological polar surface area (TPSA) is 106 Å². The van der Waals surface area contributed by atoms with Gasteiger partial charge in [-0.3, -0.25) is 10.1 Å². The van der Waals surface area contributed by atoms with Gasteiger partial charge in [-0.15, -0.1) is 11.3 Å². The van der Waals surface area contributed by atoms with Crippen molar-refractivity contribution in [1.29, 1.82) is 0 Å². The fourth-order valence-corrected chi connectivity index (χ4v) is 4.52. The van der Waals surface area contributed by atoms with Gasteiger partial charge in [0, 0.05) is 24.5 Å². The lowest BCUT2D eigenvalue weighted by Crippen LogP contribution is -2.26. The molecule has 3 aromatic rings. The van der Waals surface area contributed by atoms with Gasteiger partial charge in [0.05, 0.1) is 11.5 Å². The average Bonchev–Trinajstić information content (AvgIpc) is 3.23. The van der Waals surface area contributed by atoms with Crippen LogP contribution in [0.4, 0.5) is 5.13 Å². The highest BCUT2D eigenvalue weighted by Gasteiger charge is 2.21. The Morgan fingerprint density at radius 3 is 2.42 bits per heavy atom. The molecule has 0 unspecified atom stereocenters. The van der Waals surface area contributed by atoms with Crippen LogP contribution in [-0.4, -0.2) is 43.2 Å². The number of benzene rings is 2. The standard InChI is InChI=1S/C21H21N3O5S2/c1-3-29-20(26)18-14-30-21(22-18)23-19(25)16-9-11-17(12-10-16)31(27,28)24(2)13-15-7-5-4-6-8-15/h4-12,14H,3,13H2,1-2H3,(H,22,23,25). The molecule has 0 bridgehead atoms. The van der Waals surface area contributed by atoms with E-state index in [1.54, 1.807) is 6.92 Å². The average molecular weight is 460 g/mol. The zero-order valence-electron chi connectivity index (χ0n) is 16.9. The van der Waals surface area contributed by atoms with Gasteiger partial charge in [-0.2, -0.15) is 4.31 Å². The smallest absolute Gasteiger partial charge is 0.357 e. The van der Waals surface area contributed by atoms with Crippen molar-refractivity contribution in [2.75, 3.05) is 19.0 Å². The SMILES string of the molecule is CCOC(=O)c1csc(NC(=O)c2ccc(S(=O)(=O)N(C)Cc3ccccc3)cc2)n1. The third kappa shape index (κ3) is 5.54. The predicted octanol–water partition coefficient (Wildman–Crippen LogP) is 3.39. The first-order chi connectivity index (χ1) is 14.8. The summed E-state index contributed by atoms with van der Waals surface area (Å²) in [4.78, 5) is 28.2. The van der Waals surface area contributed by atoms with Crippen molar-refractivity contribution < 1.29 is 22.7 Å². The van der Waals surface area contributed by atoms with E-state index in [9.17, 15) is 18.0 Å². The molecule has 0 saturated carbocycles. The summed E-state index contributed by atoms with van der Waals surface area (Å²) in [5.74, 6) is -1.03. The summed E-state index contributed by atoms with van der Waals surface area (Å²) < 4.78 is 31.7. The molecule has 0 atom stereocenters. The first-order valence-electron chi connectivity index (χ1n) is 9.35. The monoisotopic (exact) mass is 459 g/mol. The molecule has 0 aliphatic rings. The van der Waals surface area contributed by atoms with Crippen LogP contribution in [0.5, 0.6) is 0 Å². The molecule has 1 aromatic heterocycles. The Morgan fingerprint density at radius 2 is 1.77 bits per heavy atom. The molecule has 0 saturated heterocycles. The number of sulfonamides is 1. The van der Waals surface area contributed by atoms with Crippen LogP contribution in [0.2, 0.25) is 0 Å². The van der Waals surface area contributed by atoms with E-state index < -0.39 is 21.9 Å². The highest BCUT2D eigenvalue weighted by Crippen LogP contribution is 2.20. The second kappa shape index (κ2) is 9.82. The molecule has 2 aromatic carbocycles. The Hall–Kier alpha value is -3.08. The lowest BCUT2D eigenvalue weighted by atomic mass is 10.2. The molecule has 1 amide bonds. The summed E-state index contributed by atoms with van der Waals surface area (Å²) in [6.07, 6.45) is 0. The third-order valence-electron chi connectivity index (χ3n) is 4.28. The Morgan fingerprint density at radius 1 is 1.10 bits per heavy atom. The van der Waals surface area contributed by atoms with Crippen molar-refractivity contribution in [1.82, 2.24) is 9.29 Å². The van der Waals surface area contributed by atoms with E-state index in [-0.39, 0.29) is 34.4 Å². The first kappa shape index (κ1) is 22.6. The summed E-state index contributed by atoms with van der Waals surface area (Å²) in [5.41, 5.74) is 1.25. The van der Waals surface area contributed by atoms with Gasteiger partial charge < -0.3 is 4.74 Å². The maximum atomic E-state index is 12.8. The molecule has 0 fully saturated rings. The van der Waals surface area contributed by atoms with E-state index in [0.717, 1.165) is 16.9 Å². The fourth-order valence-electron chi connectivity index (χ4n) is 2.68. The summed E-state index contributed by atoms with van der Waals surface area (Å²) in [7, 11) is -2.20. The number of amides is 1. The van der Waals surface area contributed by atoms with Crippen molar-refractivity contribution in [3.05, 3.63) is 76.8 Å². The lowest BCUT2D eigenvalue weighted by Gasteiger charge is -2.17. The number of carbonyl (C=O) groups is 2. The van der Waals surface area contributed by atoms with E-state index in [1.807, 2.05) is 30.3 Å². The molecular weight excluding hydrogens is 438 g/mol. The molecule has 0 aliphatic carbocycles. The number of carbonyl (C=O) groups excluding carboxylic acids is 2.